The third-order valence-corrected chi connectivity index (χ3v) is 3.15. The van der Waals surface area contributed by atoms with Gasteiger partial charge in [-0.3, -0.25) is 4.79 Å². The van der Waals surface area contributed by atoms with Gasteiger partial charge in [0.25, 0.3) is 5.91 Å². The van der Waals surface area contributed by atoms with Gasteiger partial charge in [-0.25, -0.2) is 4.79 Å². The van der Waals surface area contributed by atoms with Crippen LogP contribution in [0.25, 0.3) is 0 Å². The number of aryl methyl sites for hydroxylation is 2. The number of carboxylic acids is 1. The number of aliphatic carboxylic acids is 1. The van der Waals surface area contributed by atoms with Crippen molar-refractivity contribution in [3.05, 3.63) is 52.9 Å². The van der Waals surface area contributed by atoms with Crippen molar-refractivity contribution in [1.29, 1.82) is 0 Å². The van der Waals surface area contributed by atoms with E-state index in [2.05, 4.69) is 10.5 Å². The van der Waals surface area contributed by atoms with Gasteiger partial charge in [0.2, 0.25) is 0 Å². The Balaban J connectivity index is 2.14. The van der Waals surface area contributed by atoms with Crippen LogP contribution in [-0.2, 0) is 11.2 Å². The van der Waals surface area contributed by atoms with E-state index in [1.807, 2.05) is 30.3 Å². The van der Waals surface area contributed by atoms with Gasteiger partial charge in [-0.05, 0) is 19.4 Å². The molecule has 0 unspecified atom stereocenters. The molecule has 2 N–H and O–H groups in total. The third-order valence-electron chi connectivity index (χ3n) is 3.15. The molecule has 0 spiro atoms. The molecule has 0 fully saturated rings. The first-order chi connectivity index (χ1) is 9.99. The summed E-state index contributed by atoms with van der Waals surface area (Å²) in [4.78, 5) is 23.5. The van der Waals surface area contributed by atoms with Gasteiger partial charge in [-0.1, -0.05) is 35.5 Å². The molecule has 0 bridgehead atoms. The number of carbonyl (C=O) groups is 2. The molecule has 110 valence electrons. The van der Waals surface area contributed by atoms with E-state index < -0.39 is 17.9 Å². The molecule has 0 aliphatic rings. The van der Waals surface area contributed by atoms with E-state index in [9.17, 15) is 14.7 Å². The summed E-state index contributed by atoms with van der Waals surface area (Å²) in [5, 5.41) is 15.5. The number of carboxylic acid groups (broad SMARTS) is 1. The van der Waals surface area contributed by atoms with Gasteiger partial charge in [-0.2, -0.15) is 0 Å². The fraction of sp³-hybridized carbons (Fsp3) is 0.267. The zero-order valence-electron chi connectivity index (χ0n) is 11.8. The van der Waals surface area contributed by atoms with Crippen molar-refractivity contribution in [1.82, 2.24) is 10.5 Å². The number of amides is 1. The topological polar surface area (TPSA) is 92.4 Å². The second-order valence-electron chi connectivity index (χ2n) is 4.75. The highest BCUT2D eigenvalue weighted by Gasteiger charge is 2.24. The normalized spacial score (nSPS) is 11.9. The van der Waals surface area contributed by atoms with E-state index in [1.54, 1.807) is 13.8 Å². The van der Waals surface area contributed by atoms with Crippen LogP contribution in [0.1, 0.15) is 27.4 Å². The van der Waals surface area contributed by atoms with Crippen LogP contribution in [0.4, 0.5) is 0 Å². The number of aromatic nitrogens is 1. The Bertz CT molecular complexity index is 629. The molecule has 0 saturated heterocycles. The summed E-state index contributed by atoms with van der Waals surface area (Å²) in [5.74, 6) is -1.21. The van der Waals surface area contributed by atoms with Gasteiger partial charge in [0.15, 0.2) is 0 Å². The van der Waals surface area contributed by atoms with Crippen molar-refractivity contribution < 1.29 is 19.2 Å². The lowest BCUT2D eigenvalue weighted by Crippen LogP contribution is -2.42. The average Bonchev–Trinajstić information content (AvgIpc) is 2.78. The van der Waals surface area contributed by atoms with Crippen molar-refractivity contribution in [3.8, 4) is 0 Å². The average molecular weight is 288 g/mol. The summed E-state index contributed by atoms with van der Waals surface area (Å²) >= 11 is 0. The second-order valence-corrected chi connectivity index (χ2v) is 4.75. The predicted octanol–water partition coefficient (Wildman–Crippen LogP) is 1.72. The van der Waals surface area contributed by atoms with E-state index in [-0.39, 0.29) is 12.0 Å². The van der Waals surface area contributed by atoms with Gasteiger partial charge in [0.05, 0.1) is 5.69 Å². The van der Waals surface area contributed by atoms with Crippen molar-refractivity contribution in [2.24, 2.45) is 0 Å². The molecule has 1 aromatic carbocycles. The zero-order valence-corrected chi connectivity index (χ0v) is 11.8. The van der Waals surface area contributed by atoms with E-state index in [1.165, 1.54) is 0 Å². The van der Waals surface area contributed by atoms with Gasteiger partial charge in [0.1, 0.15) is 17.4 Å². The number of carbonyl (C=O) groups excluding carboxylic acids is 1. The molecule has 0 saturated carbocycles. The van der Waals surface area contributed by atoms with Crippen LogP contribution in [0, 0.1) is 13.8 Å². The summed E-state index contributed by atoms with van der Waals surface area (Å²) in [5.41, 5.74) is 1.56. The molecule has 2 aromatic rings. The maximum atomic E-state index is 12.2. The van der Waals surface area contributed by atoms with E-state index in [0.717, 1.165) is 5.56 Å². The minimum atomic E-state index is -1.08. The highest BCUT2D eigenvalue weighted by atomic mass is 16.5. The monoisotopic (exact) mass is 288 g/mol. The highest BCUT2D eigenvalue weighted by Crippen LogP contribution is 2.13. The molecule has 0 aliphatic carbocycles. The third kappa shape index (κ3) is 3.47. The maximum Gasteiger partial charge on any atom is 0.326 e. The van der Waals surface area contributed by atoms with Crippen molar-refractivity contribution in [2.75, 3.05) is 0 Å². The predicted molar refractivity (Wildman–Crippen MR) is 75.0 cm³/mol. The summed E-state index contributed by atoms with van der Waals surface area (Å²) in [6, 6.07) is 8.13. The lowest BCUT2D eigenvalue weighted by molar-refractivity contribution is -0.139. The van der Waals surface area contributed by atoms with E-state index in [4.69, 9.17) is 4.52 Å². The number of rotatable bonds is 5. The van der Waals surface area contributed by atoms with Gasteiger partial charge < -0.3 is 14.9 Å². The maximum absolute atomic E-state index is 12.2. The molecule has 1 heterocycles. The largest absolute Gasteiger partial charge is 0.480 e. The summed E-state index contributed by atoms with van der Waals surface area (Å²) in [6.07, 6.45) is 0.214. The Labute approximate surface area is 121 Å². The number of nitrogens with one attached hydrogen (secondary N) is 1. The van der Waals surface area contributed by atoms with Crippen LogP contribution >= 0.6 is 0 Å². The van der Waals surface area contributed by atoms with Gasteiger partial charge in [-0.15, -0.1) is 0 Å². The van der Waals surface area contributed by atoms with Gasteiger partial charge >= 0.3 is 5.97 Å². The van der Waals surface area contributed by atoms with Crippen LogP contribution in [0.5, 0.6) is 0 Å². The molecule has 1 amide bonds. The molecule has 6 heteroatoms. The number of hydrogen-bond donors (Lipinski definition) is 2. The van der Waals surface area contributed by atoms with Gasteiger partial charge in [0, 0.05) is 6.42 Å². The van der Waals surface area contributed by atoms with Crippen LogP contribution in [0.2, 0.25) is 0 Å². The van der Waals surface area contributed by atoms with E-state index >= 15 is 0 Å². The second kappa shape index (κ2) is 6.21. The number of nitrogens with zero attached hydrogens (tertiary/aromatic N) is 1. The molecule has 1 atom stereocenters. The molecule has 1 aromatic heterocycles. The first-order valence-corrected chi connectivity index (χ1v) is 6.49. The van der Waals surface area contributed by atoms with Crippen LogP contribution < -0.4 is 5.32 Å². The highest BCUT2D eigenvalue weighted by molar-refractivity contribution is 5.98. The van der Waals surface area contributed by atoms with Crippen LogP contribution in [0.3, 0.4) is 0 Å². The molecular weight excluding hydrogens is 272 g/mol. The summed E-state index contributed by atoms with van der Waals surface area (Å²) in [7, 11) is 0. The molecule has 0 aliphatic heterocycles. The lowest BCUT2D eigenvalue weighted by Gasteiger charge is -2.14. The molecule has 2 rings (SSSR count). The summed E-state index contributed by atoms with van der Waals surface area (Å²) < 4.78 is 4.92. The first-order valence-electron chi connectivity index (χ1n) is 6.49. The van der Waals surface area contributed by atoms with Crippen molar-refractivity contribution >= 4 is 11.9 Å². The van der Waals surface area contributed by atoms with Crippen molar-refractivity contribution in [2.45, 2.75) is 26.3 Å². The number of hydrogen-bond acceptors (Lipinski definition) is 4. The Morgan fingerprint density at radius 1 is 1.29 bits per heavy atom. The van der Waals surface area contributed by atoms with Crippen LogP contribution in [-0.4, -0.2) is 28.2 Å². The minimum absolute atomic E-state index is 0.214. The smallest absolute Gasteiger partial charge is 0.326 e. The standard InChI is InChI=1S/C15H16N2O4/c1-9-13(10(2)21-17-9)14(18)16-12(15(19)20)8-11-6-4-3-5-7-11/h3-7,12H,8H2,1-2H3,(H,16,18)(H,19,20)/t12-/m0/s1. The Hall–Kier alpha value is -2.63. The molecule has 0 radical (unpaired) electrons. The Kier molecular flexibility index (Phi) is 4.37. The van der Waals surface area contributed by atoms with E-state index in [0.29, 0.717) is 11.5 Å². The van der Waals surface area contributed by atoms with Crippen molar-refractivity contribution in [3.63, 3.8) is 0 Å². The number of benzene rings is 1. The molecule has 21 heavy (non-hydrogen) atoms. The zero-order chi connectivity index (χ0) is 15.4. The Morgan fingerprint density at radius 2 is 1.95 bits per heavy atom. The molecular formula is C15H16N2O4. The quantitative estimate of drug-likeness (QED) is 0.874. The fourth-order valence-corrected chi connectivity index (χ4v) is 2.09. The summed E-state index contributed by atoms with van der Waals surface area (Å²) in [6.45, 7) is 3.25. The minimum Gasteiger partial charge on any atom is -0.480 e. The Morgan fingerprint density at radius 3 is 2.48 bits per heavy atom. The first kappa shape index (κ1) is 14.8. The fourth-order valence-electron chi connectivity index (χ4n) is 2.09. The SMILES string of the molecule is Cc1noc(C)c1C(=O)N[C@@H](Cc1ccccc1)C(=O)O. The molecule has 6 nitrogen and oxygen atoms in total. The van der Waals surface area contributed by atoms with Crippen LogP contribution in [0.15, 0.2) is 34.9 Å². The lowest BCUT2D eigenvalue weighted by atomic mass is 10.1.